The summed E-state index contributed by atoms with van der Waals surface area (Å²) in [4.78, 5) is 21.1. The van der Waals surface area contributed by atoms with Gasteiger partial charge in [-0.05, 0) is 56.0 Å². The van der Waals surface area contributed by atoms with E-state index in [9.17, 15) is 4.79 Å². The molecule has 0 saturated carbocycles. The molecule has 2 aromatic carbocycles. The molecule has 1 aliphatic carbocycles. The van der Waals surface area contributed by atoms with E-state index >= 15 is 0 Å². The first kappa shape index (κ1) is 38.8. The van der Waals surface area contributed by atoms with Crippen LogP contribution >= 0.6 is 0 Å². The predicted octanol–water partition coefficient (Wildman–Crippen LogP) is 13.8. The molecule has 3 heteroatoms. The molecule has 0 bridgehead atoms. The second-order valence-electron chi connectivity index (χ2n) is 14.0. The molecule has 0 spiro atoms. The van der Waals surface area contributed by atoms with Crippen LogP contribution in [0.5, 0.6) is 0 Å². The van der Waals surface area contributed by atoms with E-state index in [-0.39, 0.29) is 5.78 Å². The number of ketones is 1. The van der Waals surface area contributed by atoms with Crippen molar-refractivity contribution in [1.82, 2.24) is 0 Å². The minimum absolute atomic E-state index is 0.186. The van der Waals surface area contributed by atoms with Crippen LogP contribution in [-0.2, 0) is 0 Å². The van der Waals surface area contributed by atoms with E-state index in [2.05, 4.69) is 62.1 Å². The Bertz CT molecular complexity index is 1160. The average molecular weight is 641 g/mol. The lowest BCUT2D eigenvalue weighted by molar-refractivity contribution is 0.102. The Morgan fingerprint density at radius 1 is 0.511 bits per heavy atom. The van der Waals surface area contributed by atoms with Crippen LogP contribution in [-0.4, -0.2) is 24.6 Å². The van der Waals surface area contributed by atoms with Gasteiger partial charge in [-0.2, -0.15) is 0 Å². The number of fused-ring (bicyclic) bond motifs is 1. The maximum absolute atomic E-state index is 13.4. The fourth-order valence-corrected chi connectivity index (χ4v) is 6.88. The maximum atomic E-state index is 13.4. The van der Waals surface area contributed by atoms with E-state index in [4.69, 9.17) is 4.99 Å². The van der Waals surface area contributed by atoms with Gasteiger partial charge in [0.15, 0.2) is 5.78 Å². The first-order chi connectivity index (χ1) is 23.2. The van der Waals surface area contributed by atoms with Gasteiger partial charge in [0.2, 0.25) is 0 Å². The van der Waals surface area contributed by atoms with Crippen LogP contribution < -0.4 is 4.90 Å². The van der Waals surface area contributed by atoms with E-state index in [0.717, 1.165) is 54.0 Å². The van der Waals surface area contributed by atoms with Crippen molar-refractivity contribution in [3.63, 3.8) is 0 Å². The van der Waals surface area contributed by atoms with E-state index in [1.165, 1.54) is 141 Å². The van der Waals surface area contributed by atoms with Gasteiger partial charge in [-0.1, -0.05) is 167 Å². The molecule has 0 heterocycles. The van der Waals surface area contributed by atoms with Gasteiger partial charge < -0.3 is 4.90 Å². The molecule has 0 aromatic heterocycles. The van der Waals surface area contributed by atoms with Gasteiger partial charge in [0, 0.05) is 35.5 Å². The van der Waals surface area contributed by atoms with Gasteiger partial charge in [-0.15, -0.1) is 0 Å². The van der Waals surface area contributed by atoms with Gasteiger partial charge >= 0.3 is 0 Å². The normalized spacial score (nSPS) is 13.6. The maximum Gasteiger partial charge on any atom is 0.189 e. The number of benzene rings is 2. The zero-order valence-corrected chi connectivity index (χ0v) is 30.7. The average Bonchev–Trinajstić information content (AvgIpc) is 3.10. The summed E-state index contributed by atoms with van der Waals surface area (Å²) in [5.41, 5.74) is 5.88. The van der Waals surface area contributed by atoms with Crippen molar-refractivity contribution >= 4 is 22.9 Å². The number of carbonyl (C=O) groups excluding carboxylic acids is 1. The molecule has 0 radical (unpaired) electrons. The summed E-state index contributed by atoms with van der Waals surface area (Å²) in [6.45, 7) is 9.13. The molecule has 260 valence electrons. The number of hydrogen-bond acceptors (Lipinski definition) is 3. The largest absolute Gasteiger partial charge is 0.372 e. The minimum atomic E-state index is 0.186. The lowest BCUT2D eigenvalue weighted by Crippen LogP contribution is -2.25. The monoisotopic (exact) mass is 641 g/mol. The standard InChI is InChI=1S/C44H68N2O/c1-4-7-10-13-16-17-18-19-20-23-28-38-37-43(41-29-24-25-30-42(41)44(38)47)45-39-31-33-40(34-32-39)46(35-26-21-14-11-8-5-2)36-27-22-15-12-9-6-3/h24-25,29-34,37H,4-23,26-28,35-36H2,1-3H3. The molecule has 3 rings (SSSR count). The molecule has 0 fully saturated rings. The van der Waals surface area contributed by atoms with Crippen LogP contribution in [0.1, 0.15) is 184 Å². The quantitative estimate of drug-likeness (QED) is 0.0910. The number of aliphatic imine (C=N–C) groups is 1. The summed E-state index contributed by atoms with van der Waals surface area (Å²) in [7, 11) is 0. The van der Waals surface area contributed by atoms with Crippen molar-refractivity contribution in [3.8, 4) is 0 Å². The summed E-state index contributed by atoms with van der Waals surface area (Å²) in [5.74, 6) is 0.186. The SMILES string of the molecule is CCCCCCCCCCCCC1=CC(=Nc2ccc(N(CCCCCCCC)CCCCCCCC)cc2)c2ccccc2C1=O. The van der Waals surface area contributed by atoms with Crippen molar-refractivity contribution in [2.24, 2.45) is 4.99 Å². The van der Waals surface area contributed by atoms with Crippen LogP contribution in [0.25, 0.3) is 0 Å². The summed E-state index contributed by atoms with van der Waals surface area (Å²) < 4.78 is 0. The number of allylic oxidation sites excluding steroid dienone is 2. The zero-order chi connectivity index (χ0) is 33.4. The third kappa shape index (κ3) is 15.0. The third-order valence-electron chi connectivity index (χ3n) is 9.88. The van der Waals surface area contributed by atoms with Crippen LogP contribution in [0.4, 0.5) is 11.4 Å². The molecule has 1 aliphatic rings. The first-order valence-electron chi connectivity index (χ1n) is 20.0. The number of carbonyl (C=O) groups is 1. The first-order valence-corrected chi connectivity index (χ1v) is 20.0. The lowest BCUT2D eigenvalue weighted by atomic mass is 9.86. The number of hydrogen-bond donors (Lipinski definition) is 0. The molecule has 3 nitrogen and oxygen atoms in total. The van der Waals surface area contributed by atoms with Crippen LogP contribution in [0.3, 0.4) is 0 Å². The number of rotatable bonds is 27. The van der Waals surface area contributed by atoms with Gasteiger partial charge in [0.25, 0.3) is 0 Å². The van der Waals surface area contributed by atoms with Crippen molar-refractivity contribution < 1.29 is 4.79 Å². The van der Waals surface area contributed by atoms with Crippen molar-refractivity contribution in [1.29, 1.82) is 0 Å². The van der Waals surface area contributed by atoms with Gasteiger partial charge in [0.1, 0.15) is 0 Å². The third-order valence-corrected chi connectivity index (χ3v) is 9.88. The summed E-state index contributed by atoms with van der Waals surface area (Å²) in [6.07, 6.45) is 31.9. The second-order valence-corrected chi connectivity index (χ2v) is 14.0. The second kappa shape index (κ2) is 24.5. The highest BCUT2D eigenvalue weighted by molar-refractivity contribution is 6.26. The molecule has 0 saturated heterocycles. The van der Waals surface area contributed by atoms with E-state index < -0.39 is 0 Å². The Morgan fingerprint density at radius 2 is 0.957 bits per heavy atom. The Morgan fingerprint density at radius 3 is 1.47 bits per heavy atom. The van der Waals surface area contributed by atoms with Crippen molar-refractivity contribution in [2.45, 2.75) is 168 Å². The van der Waals surface area contributed by atoms with Crippen molar-refractivity contribution in [3.05, 3.63) is 71.3 Å². The van der Waals surface area contributed by atoms with Crippen LogP contribution in [0.2, 0.25) is 0 Å². The number of unbranched alkanes of at least 4 members (excludes halogenated alkanes) is 19. The number of nitrogens with zero attached hydrogens (tertiary/aromatic N) is 2. The zero-order valence-electron chi connectivity index (χ0n) is 30.7. The molecular formula is C44H68N2O. The highest BCUT2D eigenvalue weighted by Gasteiger charge is 2.23. The lowest BCUT2D eigenvalue weighted by Gasteiger charge is -2.25. The Labute approximate surface area is 289 Å². The summed E-state index contributed by atoms with van der Waals surface area (Å²) in [6, 6.07) is 16.9. The highest BCUT2D eigenvalue weighted by Crippen LogP contribution is 2.28. The molecule has 0 N–H and O–H groups in total. The highest BCUT2D eigenvalue weighted by atomic mass is 16.1. The van der Waals surface area contributed by atoms with E-state index in [1.54, 1.807) is 0 Å². The smallest absolute Gasteiger partial charge is 0.189 e. The molecule has 47 heavy (non-hydrogen) atoms. The Hall–Kier alpha value is -2.68. The van der Waals surface area contributed by atoms with Gasteiger partial charge in [-0.3, -0.25) is 4.79 Å². The molecule has 0 unspecified atom stereocenters. The fraction of sp³-hybridized carbons (Fsp3) is 0.636. The van der Waals surface area contributed by atoms with Crippen molar-refractivity contribution in [2.75, 3.05) is 18.0 Å². The Kier molecular flexibility index (Phi) is 20.2. The molecule has 2 aromatic rings. The molecule has 0 atom stereocenters. The fourth-order valence-electron chi connectivity index (χ4n) is 6.88. The minimum Gasteiger partial charge on any atom is -0.372 e. The van der Waals surface area contributed by atoms with Crippen LogP contribution in [0.15, 0.2) is 65.2 Å². The van der Waals surface area contributed by atoms with E-state index in [1.807, 2.05) is 18.2 Å². The molecular weight excluding hydrogens is 572 g/mol. The summed E-state index contributed by atoms with van der Waals surface area (Å²) >= 11 is 0. The molecule has 0 amide bonds. The number of anilines is 1. The Balaban J connectivity index is 1.62. The number of Topliss-reactive ketones (excluding diaryl/α,β-unsaturated/α-hetero) is 1. The summed E-state index contributed by atoms with van der Waals surface area (Å²) in [5, 5.41) is 0. The van der Waals surface area contributed by atoms with Crippen LogP contribution in [0, 0.1) is 0 Å². The van der Waals surface area contributed by atoms with Gasteiger partial charge in [-0.25, -0.2) is 4.99 Å². The van der Waals surface area contributed by atoms with Gasteiger partial charge in [0.05, 0.1) is 11.4 Å². The van der Waals surface area contributed by atoms with E-state index in [0.29, 0.717) is 0 Å². The topological polar surface area (TPSA) is 32.7 Å². The molecule has 0 aliphatic heterocycles. The predicted molar refractivity (Wildman–Crippen MR) is 207 cm³/mol.